The zero-order chi connectivity index (χ0) is 25.3. The summed E-state index contributed by atoms with van der Waals surface area (Å²) < 4.78 is 48.4. The van der Waals surface area contributed by atoms with E-state index in [-0.39, 0.29) is 11.3 Å². The van der Waals surface area contributed by atoms with Gasteiger partial charge >= 0.3 is 6.18 Å². The van der Waals surface area contributed by atoms with Crippen molar-refractivity contribution < 1.29 is 27.4 Å². The van der Waals surface area contributed by atoms with Crippen molar-refractivity contribution in [1.82, 2.24) is 10.3 Å². The third kappa shape index (κ3) is 6.80. The molecule has 3 aromatic rings. The van der Waals surface area contributed by atoms with Gasteiger partial charge in [-0.05, 0) is 43.3 Å². The Hall–Kier alpha value is -2.91. The number of aldehydes is 1. The Morgan fingerprint density at radius 3 is 2.53 bits per heavy atom. The minimum absolute atomic E-state index is 0.133. The lowest BCUT2D eigenvalue weighted by Crippen LogP contribution is -2.12. The Labute approximate surface area is 201 Å². The summed E-state index contributed by atoms with van der Waals surface area (Å²) in [7, 11) is 3.44. The summed E-state index contributed by atoms with van der Waals surface area (Å²) in [5.41, 5.74) is 2.01. The number of nitrogens with one attached hydrogen (secondary N) is 1. The van der Waals surface area contributed by atoms with Crippen molar-refractivity contribution in [3.63, 3.8) is 0 Å². The van der Waals surface area contributed by atoms with Gasteiger partial charge in [-0.25, -0.2) is 4.98 Å². The van der Waals surface area contributed by atoms with Crippen LogP contribution in [0.2, 0.25) is 0 Å². The number of ether oxygens (including phenoxy) is 2. The van der Waals surface area contributed by atoms with E-state index < -0.39 is 16.7 Å². The van der Waals surface area contributed by atoms with Gasteiger partial charge in [-0.1, -0.05) is 38.1 Å². The summed E-state index contributed by atoms with van der Waals surface area (Å²) in [4.78, 5) is 13.8. The highest BCUT2D eigenvalue weighted by Gasteiger charge is 2.37. The minimum Gasteiger partial charge on any atom is -0.497 e. The molecule has 0 aliphatic carbocycles. The number of hydrogen-bond acceptors (Lipinski definition) is 6. The van der Waals surface area contributed by atoms with Gasteiger partial charge in [-0.3, -0.25) is 4.79 Å². The van der Waals surface area contributed by atoms with Crippen LogP contribution in [0.1, 0.15) is 53.3 Å². The van der Waals surface area contributed by atoms with Crippen molar-refractivity contribution in [2.75, 3.05) is 20.8 Å². The van der Waals surface area contributed by atoms with E-state index in [0.29, 0.717) is 28.7 Å². The molecule has 0 amide bonds. The topological polar surface area (TPSA) is 60.4 Å². The van der Waals surface area contributed by atoms with Gasteiger partial charge in [0.05, 0.1) is 18.6 Å². The first-order chi connectivity index (χ1) is 16.3. The molecule has 1 aliphatic rings. The van der Waals surface area contributed by atoms with Crippen molar-refractivity contribution >= 4 is 17.6 Å². The number of alkyl halides is 3. The number of carbonyl (C=O) groups excluding carboxylic acids is 1. The second kappa shape index (κ2) is 12.5. The molecule has 0 bridgehead atoms. The molecular weight excluding hydrogens is 465 g/mol. The van der Waals surface area contributed by atoms with E-state index in [1.54, 1.807) is 24.3 Å². The van der Waals surface area contributed by atoms with Crippen LogP contribution in [-0.2, 0) is 12.6 Å². The molecule has 1 unspecified atom stereocenters. The van der Waals surface area contributed by atoms with E-state index in [9.17, 15) is 18.0 Å². The van der Waals surface area contributed by atoms with Gasteiger partial charge < -0.3 is 14.8 Å². The van der Waals surface area contributed by atoms with E-state index in [1.165, 1.54) is 18.2 Å². The van der Waals surface area contributed by atoms with E-state index in [2.05, 4.69) is 35.4 Å². The van der Waals surface area contributed by atoms with Crippen LogP contribution in [0.25, 0.3) is 10.6 Å². The van der Waals surface area contributed by atoms with Crippen LogP contribution in [0.3, 0.4) is 0 Å². The summed E-state index contributed by atoms with van der Waals surface area (Å²) in [6.07, 6.45) is -3.41. The fourth-order valence-electron chi connectivity index (χ4n) is 3.14. The van der Waals surface area contributed by atoms with Crippen molar-refractivity contribution in [2.24, 2.45) is 0 Å². The van der Waals surface area contributed by atoms with E-state index in [4.69, 9.17) is 9.47 Å². The monoisotopic (exact) mass is 494 g/mol. The number of hydrogen-bond donors (Lipinski definition) is 1. The maximum absolute atomic E-state index is 12.7. The summed E-state index contributed by atoms with van der Waals surface area (Å²) in [6.45, 7) is 7.00. The third-order valence-electron chi connectivity index (χ3n) is 4.99. The van der Waals surface area contributed by atoms with Crippen LogP contribution in [0.5, 0.6) is 11.5 Å². The highest BCUT2D eigenvalue weighted by atomic mass is 32.1. The van der Waals surface area contributed by atoms with Crippen LogP contribution in [0, 0.1) is 0 Å². The third-order valence-corrected chi connectivity index (χ3v) is 6.02. The molecule has 184 valence electrons. The smallest absolute Gasteiger partial charge is 0.434 e. The minimum atomic E-state index is -4.64. The van der Waals surface area contributed by atoms with E-state index >= 15 is 0 Å². The lowest BCUT2D eigenvalue weighted by Gasteiger charge is -2.11. The largest absolute Gasteiger partial charge is 0.497 e. The molecule has 1 aliphatic heterocycles. The van der Waals surface area contributed by atoms with Gasteiger partial charge in [0.25, 0.3) is 0 Å². The Balaban J connectivity index is 0.000000237. The fourth-order valence-corrected chi connectivity index (χ4v) is 4.03. The maximum Gasteiger partial charge on any atom is 0.434 e. The molecule has 4 rings (SSSR count). The number of fused-ring (bicyclic) bond motifs is 1. The summed E-state index contributed by atoms with van der Waals surface area (Å²) >= 11 is 0.704. The molecule has 2 heterocycles. The van der Waals surface area contributed by atoms with Crippen LogP contribution < -0.4 is 14.8 Å². The summed E-state index contributed by atoms with van der Waals surface area (Å²) in [6, 6.07) is 13.3. The van der Waals surface area contributed by atoms with Crippen molar-refractivity contribution in [1.29, 1.82) is 0 Å². The van der Waals surface area contributed by atoms with Gasteiger partial charge in [0.1, 0.15) is 16.5 Å². The molecule has 1 aromatic heterocycles. The molecular formula is C25H29F3N2O3S. The Morgan fingerprint density at radius 1 is 1.21 bits per heavy atom. The maximum atomic E-state index is 12.7. The van der Waals surface area contributed by atoms with Crippen LogP contribution in [0.4, 0.5) is 13.2 Å². The molecule has 0 saturated carbocycles. The van der Waals surface area contributed by atoms with Gasteiger partial charge in [0.2, 0.25) is 0 Å². The van der Waals surface area contributed by atoms with Crippen LogP contribution in [0.15, 0.2) is 42.5 Å². The van der Waals surface area contributed by atoms with Gasteiger partial charge in [0.15, 0.2) is 12.0 Å². The first-order valence-electron chi connectivity index (χ1n) is 10.9. The molecule has 1 atom stereocenters. The normalized spacial score (nSPS) is 12.8. The molecule has 1 N–H and O–H groups in total. The first kappa shape index (κ1) is 27.3. The zero-order valence-electron chi connectivity index (χ0n) is 19.8. The molecule has 0 spiro atoms. The highest BCUT2D eigenvalue weighted by molar-refractivity contribution is 7.16. The van der Waals surface area contributed by atoms with Crippen molar-refractivity contribution in [2.45, 2.75) is 39.4 Å². The number of nitrogens with zero attached hydrogens (tertiary/aromatic N) is 1. The Morgan fingerprint density at radius 2 is 1.94 bits per heavy atom. The molecule has 34 heavy (non-hydrogen) atoms. The molecule has 2 aromatic carbocycles. The average Bonchev–Trinajstić information content (AvgIpc) is 3.52. The Kier molecular flexibility index (Phi) is 10.1. The quantitative estimate of drug-likeness (QED) is 0.406. The van der Waals surface area contributed by atoms with Crippen molar-refractivity contribution in [3.05, 3.63) is 64.2 Å². The standard InChI is InChI=1S/C12H8F3NO2S.C11H15NO.C2H6/c1-18-8-4-2-3-7(5-8)11-16-10(12(13,14)15)9(6-17)19-11;1-8(12-2)9-3-4-11-10(7-9)5-6-13-11;1-2/h2-6H,1H3;3-4,7-8,12H,5-6H2,1-2H3;1-2H3. The molecule has 0 saturated heterocycles. The molecule has 5 nitrogen and oxygen atoms in total. The lowest BCUT2D eigenvalue weighted by molar-refractivity contribution is -0.140. The highest BCUT2D eigenvalue weighted by Crippen LogP contribution is 2.37. The average molecular weight is 495 g/mol. The summed E-state index contributed by atoms with van der Waals surface area (Å²) in [5, 5.41) is 3.36. The SMILES string of the molecule is CC.CNC(C)c1ccc2c(c1)CCO2.COc1cccc(-c2nc(C(F)(F)F)c(C=O)s2)c1. The van der Waals surface area contributed by atoms with Gasteiger partial charge in [-0.15, -0.1) is 11.3 Å². The zero-order valence-corrected chi connectivity index (χ0v) is 20.6. The lowest BCUT2D eigenvalue weighted by atomic mass is 10.0. The fraction of sp³-hybridized carbons (Fsp3) is 0.360. The number of halogens is 3. The van der Waals surface area contributed by atoms with Gasteiger partial charge in [-0.2, -0.15) is 13.2 Å². The van der Waals surface area contributed by atoms with Crippen LogP contribution in [-0.4, -0.2) is 32.0 Å². The van der Waals surface area contributed by atoms with Crippen LogP contribution >= 0.6 is 11.3 Å². The predicted octanol–water partition coefficient (Wildman–Crippen LogP) is 6.58. The number of rotatable bonds is 5. The van der Waals surface area contributed by atoms with E-state index in [0.717, 1.165) is 18.8 Å². The molecule has 0 fully saturated rings. The molecule has 9 heteroatoms. The predicted molar refractivity (Wildman–Crippen MR) is 129 cm³/mol. The number of aromatic nitrogens is 1. The Bertz CT molecular complexity index is 1080. The van der Waals surface area contributed by atoms with E-state index in [1.807, 2.05) is 20.9 Å². The first-order valence-corrected chi connectivity index (χ1v) is 11.7. The number of carbonyl (C=O) groups is 1. The number of methoxy groups -OCH3 is 1. The van der Waals surface area contributed by atoms with Gasteiger partial charge in [0, 0.05) is 18.0 Å². The number of thiazole rings is 1. The number of benzene rings is 2. The second-order valence-electron chi connectivity index (χ2n) is 7.06. The second-order valence-corrected chi connectivity index (χ2v) is 8.09. The molecule has 0 radical (unpaired) electrons. The van der Waals surface area contributed by atoms with Crippen molar-refractivity contribution in [3.8, 4) is 22.1 Å². The summed E-state index contributed by atoms with van der Waals surface area (Å²) in [5.74, 6) is 1.57.